The summed E-state index contributed by atoms with van der Waals surface area (Å²) in [6.45, 7) is 5.62. The van der Waals surface area contributed by atoms with Gasteiger partial charge >= 0.3 is 0 Å². The molecule has 22 heavy (non-hydrogen) atoms. The third-order valence-electron chi connectivity index (χ3n) is 3.86. The number of morpholine rings is 1. The molecular weight excluding hydrogens is 280 g/mol. The van der Waals surface area contributed by atoms with E-state index in [1.807, 2.05) is 19.2 Å². The third-order valence-corrected chi connectivity index (χ3v) is 3.86. The van der Waals surface area contributed by atoms with E-state index in [2.05, 4.69) is 14.8 Å². The van der Waals surface area contributed by atoms with E-state index in [9.17, 15) is 4.79 Å². The van der Waals surface area contributed by atoms with Crippen LogP contribution >= 0.6 is 0 Å². The first-order valence-corrected chi connectivity index (χ1v) is 7.77. The molecule has 1 saturated heterocycles. The molecule has 0 atom stereocenters. The smallest absolute Gasteiger partial charge is 0.257 e. The van der Waals surface area contributed by atoms with Gasteiger partial charge in [0, 0.05) is 53.5 Å². The van der Waals surface area contributed by atoms with Crippen LogP contribution in [-0.4, -0.2) is 81.2 Å². The molecule has 0 saturated carbocycles. The maximum atomic E-state index is 12.2. The zero-order valence-electron chi connectivity index (χ0n) is 13.8. The molecule has 2 heterocycles. The van der Waals surface area contributed by atoms with Crippen LogP contribution in [0.1, 0.15) is 16.8 Å². The largest absolute Gasteiger partial charge is 0.379 e. The van der Waals surface area contributed by atoms with Crippen LogP contribution in [0.2, 0.25) is 0 Å². The fraction of sp³-hybridized carbons (Fsp3) is 0.625. The molecule has 0 bridgehead atoms. The van der Waals surface area contributed by atoms with E-state index in [1.165, 1.54) is 0 Å². The molecule has 1 aliphatic rings. The number of hydrogen-bond acceptors (Lipinski definition) is 5. The van der Waals surface area contributed by atoms with Crippen molar-refractivity contribution in [1.82, 2.24) is 14.8 Å². The highest BCUT2D eigenvalue weighted by Gasteiger charge is 2.17. The highest BCUT2D eigenvalue weighted by atomic mass is 16.5. The molecule has 0 aliphatic carbocycles. The second-order valence-corrected chi connectivity index (χ2v) is 5.80. The lowest BCUT2D eigenvalue weighted by molar-refractivity contribution is 0.0377. The molecule has 2 rings (SSSR count). The summed E-state index contributed by atoms with van der Waals surface area (Å²) in [5, 5.41) is 0. The summed E-state index contributed by atoms with van der Waals surface area (Å²) in [5.74, 6) is 0.742. The Morgan fingerprint density at radius 1 is 1.32 bits per heavy atom. The van der Waals surface area contributed by atoms with Crippen LogP contribution in [0.3, 0.4) is 0 Å². The van der Waals surface area contributed by atoms with Gasteiger partial charge in [-0.05, 0) is 18.6 Å². The Kier molecular flexibility index (Phi) is 6.15. The fourth-order valence-electron chi connectivity index (χ4n) is 2.57. The first-order valence-electron chi connectivity index (χ1n) is 7.77. The first-order chi connectivity index (χ1) is 10.6. The van der Waals surface area contributed by atoms with E-state index in [0.29, 0.717) is 5.56 Å². The summed E-state index contributed by atoms with van der Waals surface area (Å²) >= 11 is 0. The van der Waals surface area contributed by atoms with Crippen molar-refractivity contribution in [1.29, 1.82) is 0 Å². The number of hydrogen-bond donors (Lipinski definition) is 0. The number of aromatic nitrogens is 1. The Morgan fingerprint density at radius 2 is 2.05 bits per heavy atom. The van der Waals surface area contributed by atoms with Gasteiger partial charge in [0.1, 0.15) is 5.82 Å². The number of carbonyl (C=O) groups is 1. The Bertz CT molecular complexity index is 487. The standard InChI is InChI=1S/C16H26N4O2/c1-18(2)16(21)14-6-4-7-17-15(14)19(3)8-5-9-20-10-12-22-13-11-20/h4,6-7H,5,8-13H2,1-3H3. The van der Waals surface area contributed by atoms with E-state index in [0.717, 1.165) is 51.6 Å². The molecule has 0 spiro atoms. The van der Waals surface area contributed by atoms with E-state index < -0.39 is 0 Å². The Labute approximate surface area is 132 Å². The first kappa shape index (κ1) is 16.7. The zero-order valence-corrected chi connectivity index (χ0v) is 13.8. The van der Waals surface area contributed by atoms with E-state index in [1.54, 1.807) is 25.2 Å². The molecule has 122 valence electrons. The summed E-state index contributed by atoms with van der Waals surface area (Å²) in [6.07, 6.45) is 2.78. The van der Waals surface area contributed by atoms with Gasteiger partial charge in [-0.3, -0.25) is 9.69 Å². The van der Waals surface area contributed by atoms with Gasteiger partial charge in [0.2, 0.25) is 0 Å². The third kappa shape index (κ3) is 4.42. The van der Waals surface area contributed by atoms with E-state index >= 15 is 0 Å². The minimum absolute atomic E-state index is 0.0110. The average molecular weight is 306 g/mol. The number of nitrogens with zero attached hydrogens (tertiary/aromatic N) is 4. The van der Waals surface area contributed by atoms with Crippen molar-refractivity contribution in [3.05, 3.63) is 23.9 Å². The molecule has 6 heteroatoms. The van der Waals surface area contributed by atoms with Crippen LogP contribution in [0.25, 0.3) is 0 Å². The maximum absolute atomic E-state index is 12.2. The number of ether oxygens (including phenoxy) is 1. The van der Waals surface area contributed by atoms with Crippen molar-refractivity contribution < 1.29 is 9.53 Å². The molecule has 0 aromatic carbocycles. The molecule has 0 N–H and O–H groups in total. The molecule has 1 fully saturated rings. The maximum Gasteiger partial charge on any atom is 0.257 e. The van der Waals surface area contributed by atoms with E-state index in [4.69, 9.17) is 4.74 Å². The Morgan fingerprint density at radius 3 is 2.73 bits per heavy atom. The summed E-state index contributed by atoms with van der Waals surface area (Å²) in [4.78, 5) is 22.7. The number of amides is 1. The molecular formula is C16H26N4O2. The molecule has 0 radical (unpaired) electrons. The minimum Gasteiger partial charge on any atom is -0.379 e. The van der Waals surface area contributed by atoms with Crippen LogP contribution in [-0.2, 0) is 4.74 Å². The summed E-state index contributed by atoms with van der Waals surface area (Å²) in [6, 6.07) is 3.64. The molecule has 6 nitrogen and oxygen atoms in total. The van der Waals surface area contributed by atoms with Crippen LogP contribution in [0, 0.1) is 0 Å². The summed E-state index contributed by atoms with van der Waals surface area (Å²) in [5.41, 5.74) is 0.654. The van der Waals surface area contributed by atoms with Crippen LogP contribution in [0.5, 0.6) is 0 Å². The molecule has 1 aromatic rings. The van der Waals surface area contributed by atoms with Crippen molar-refractivity contribution >= 4 is 11.7 Å². The second-order valence-electron chi connectivity index (χ2n) is 5.80. The van der Waals surface area contributed by atoms with Crippen molar-refractivity contribution in [2.45, 2.75) is 6.42 Å². The second kappa shape index (κ2) is 8.10. The highest BCUT2D eigenvalue weighted by molar-refractivity contribution is 5.98. The van der Waals surface area contributed by atoms with Crippen LogP contribution in [0.4, 0.5) is 5.82 Å². The average Bonchev–Trinajstić information content (AvgIpc) is 2.55. The lowest BCUT2D eigenvalue weighted by Crippen LogP contribution is -2.38. The lowest BCUT2D eigenvalue weighted by atomic mass is 10.2. The van der Waals surface area contributed by atoms with Gasteiger partial charge in [-0.15, -0.1) is 0 Å². The number of anilines is 1. The number of carbonyl (C=O) groups excluding carboxylic acids is 1. The molecule has 0 unspecified atom stereocenters. The lowest BCUT2D eigenvalue weighted by Gasteiger charge is -2.28. The fourth-order valence-corrected chi connectivity index (χ4v) is 2.57. The van der Waals surface area contributed by atoms with Crippen LogP contribution < -0.4 is 4.90 Å². The van der Waals surface area contributed by atoms with E-state index in [-0.39, 0.29) is 5.91 Å². The molecule has 1 aromatic heterocycles. The van der Waals surface area contributed by atoms with Crippen molar-refractivity contribution in [2.75, 3.05) is 65.4 Å². The van der Waals surface area contributed by atoms with Gasteiger partial charge in [0.25, 0.3) is 5.91 Å². The van der Waals surface area contributed by atoms with Gasteiger partial charge in [-0.2, -0.15) is 0 Å². The van der Waals surface area contributed by atoms with Gasteiger partial charge in [-0.1, -0.05) is 0 Å². The predicted octanol–water partition coefficient (Wildman–Crippen LogP) is 0.942. The van der Waals surface area contributed by atoms with Crippen molar-refractivity contribution in [3.63, 3.8) is 0 Å². The molecule has 1 aliphatic heterocycles. The number of pyridine rings is 1. The number of rotatable bonds is 6. The summed E-state index contributed by atoms with van der Waals surface area (Å²) in [7, 11) is 5.52. The Hall–Kier alpha value is -1.66. The van der Waals surface area contributed by atoms with Gasteiger partial charge in [0.15, 0.2) is 0 Å². The van der Waals surface area contributed by atoms with Crippen molar-refractivity contribution in [2.24, 2.45) is 0 Å². The monoisotopic (exact) mass is 306 g/mol. The highest BCUT2D eigenvalue weighted by Crippen LogP contribution is 2.17. The van der Waals surface area contributed by atoms with Gasteiger partial charge < -0.3 is 14.5 Å². The SMILES string of the molecule is CN(C)C(=O)c1cccnc1N(C)CCCN1CCOCC1. The quantitative estimate of drug-likeness (QED) is 0.783. The summed E-state index contributed by atoms with van der Waals surface area (Å²) < 4.78 is 5.36. The van der Waals surface area contributed by atoms with Crippen LogP contribution in [0.15, 0.2) is 18.3 Å². The van der Waals surface area contributed by atoms with Gasteiger partial charge in [-0.25, -0.2) is 4.98 Å². The normalized spacial score (nSPS) is 15.6. The minimum atomic E-state index is -0.0110. The predicted molar refractivity (Wildman–Crippen MR) is 87.4 cm³/mol. The zero-order chi connectivity index (χ0) is 15.9. The van der Waals surface area contributed by atoms with Gasteiger partial charge in [0.05, 0.1) is 18.8 Å². The topological polar surface area (TPSA) is 48.9 Å². The Balaban J connectivity index is 1.91. The van der Waals surface area contributed by atoms with Crippen molar-refractivity contribution in [3.8, 4) is 0 Å². The molecule has 1 amide bonds.